The summed E-state index contributed by atoms with van der Waals surface area (Å²) in [6.07, 6.45) is 6.67. The topological polar surface area (TPSA) is 18.5 Å². The van der Waals surface area contributed by atoms with Crippen molar-refractivity contribution in [1.29, 1.82) is 0 Å². The van der Waals surface area contributed by atoms with Crippen LogP contribution in [0.15, 0.2) is 24.3 Å². The predicted molar refractivity (Wildman–Crippen MR) is 75.3 cm³/mol. The van der Waals surface area contributed by atoms with Gasteiger partial charge in [-0.3, -0.25) is 0 Å². The summed E-state index contributed by atoms with van der Waals surface area (Å²) in [5.41, 5.74) is 1.32. The third-order valence-electron chi connectivity index (χ3n) is 2.51. The average Bonchev–Trinajstić information content (AvgIpc) is 3.24. The molecule has 1 saturated carbocycles. The van der Waals surface area contributed by atoms with Crippen LogP contribution < -0.4 is 4.74 Å². The van der Waals surface area contributed by atoms with E-state index in [2.05, 4.69) is 18.8 Å². The molecule has 0 aromatic heterocycles. The molecule has 0 N–H and O–H groups in total. The first-order valence-corrected chi connectivity index (χ1v) is 8.03. The zero-order chi connectivity index (χ0) is 12.5. The Hall–Kier alpha value is -0.590. The lowest BCUT2D eigenvalue weighted by Crippen LogP contribution is -1.92. The summed E-state index contributed by atoms with van der Waals surface area (Å²) in [5, 5.41) is 0. The molecule has 1 aliphatic rings. The van der Waals surface area contributed by atoms with E-state index < -0.39 is 0 Å². The summed E-state index contributed by atoms with van der Waals surface area (Å²) in [5.74, 6) is 0.931. The maximum atomic E-state index is 5.26. The van der Waals surface area contributed by atoms with Crippen molar-refractivity contribution < 1.29 is 9.26 Å². The third-order valence-corrected chi connectivity index (χ3v) is 3.99. The molecule has 1 aromatic carbocycles. The number of methoxy groups -OCH3 is 1. The van der Waals surface area contributed by atoms with E-state index in [0.717, 1.165) is 18.3 Å². The fourth-order valence-corrected chi connectivity index (χ4v) is 1.96. The van der Waals surface area contributed by atoms with E-state index in [9.17, 15) is 0 Å². The molecular formula is C14H23O2P. The lowest BCUT2D eigenvalue weighted by molar-refractivity contribution is 0.414. The first-order valence-electron chi connectivity index (χ1n) is 6.14. The summed E-state index contributed by atoms with van der Waals surface area (Å²) in [6, 6.07) is 8.20. The van der Waals surface area contributed by atoms with Crippen LogP contribution in [0.2, 0.25) is 0 Å². The van der Waals surface area contributed by atoms with E-state index in [4.69, 9.17) is 9.26 Å². The van der Waals surface area contributed by atoms with Crippen LogP contribution in [0, 0.1) is 0 Å². The molecular weight excluding hydrogens is 231 g/mol. The van der Waals surface area contributed by atoms with Gasteiger partial charge in [0.05, 0.1) is 7.11 Å². The molecule has 2 rings (SSSR count). The van der Waals surface area contributed by atoms with Gasteiger partial charge in [0.2, 0.25) is 0 Å². The molecule has 1 unspecified atom stereocenters. The Labute approximate surface area is 106 Å². The van der Waals surface area contributed by atoms with Crippen molar-refractivity contribution in [3.05, 3.63) is 29.8 Å². The molecule has 1 fully saturated rings. The van der Waals surface area contributed by atoms with E-state index in [1.165, 1.54) is 24.8 Å². The number of hydrogen-bond donors (Lipinski definition) is 0. The highest BCUT2D eigenvalue weighted by Crippen LogP contribution is 2.31. The van der Waals surface area contributed by atoms with Crippen LogP contribution in [0.4, 0.5) is 0 Å². The Morgan fingerprint density at radius 3 is 2.41 bits per heavy atom. The lowest BCUT2D eigenvalue weighted by atomic mass is 10.2. The van der Waals surface area contributed by atoms with Crippen LogP contribution >= 0.6 is 8.15 Å². The summed E-state index contributed by atoms with van der Waals surface area (Å²) in [4.78, 5) is 0. The minimum absolute atomic E-state index is 0.257. The van der Waals surface area contributed by atoms with Crippen molar-refractivity contribution in [2.45, 2.75) is 25.7 Å². The summed E-state index contributed by atoms with van der Waals surface area (Å²) in [6.45, 7) is 2.15. The second-order valence-electron chi connectivity index (χ2n) is 4.20. The molecule has 1 aromatic rings. The second kappa shape index (κ2) is 8.49. The minimum Gasteiger partial charge on any atom is -0.497 e. The molecule has 1 atom stereocenters. The quantitative estimate of drug-likeness (QED) is 0.737. The largest absolute Gasteiger partial charge is 0.497 e. The van der Waals surface area contributed by atoms with Gasteiger partial charge >= 0.3 is 0 Å². The average molecular weight is 254 g/mol. The van der Waals surface area contributed by atoms with E-state index in [0.29, 0.717) is 0 Å². The van der Waals surface area contributed by atoms with Gasteiger partial charge in [0.15, 0.2) is 0 Å². The number of rotatable bonds is 5. The summed E-state index contributed by atoms with van der Waals surface area (Å²) in [7, 11) is 3.21. The molecule has 17 heavy (non-hydrogen) atoms. The van der Waals surface area contributed by atoms with Crippen LogP contribution in [0.1, 0.15) is 24.8 Å². The highest BCUT2D eigenvalue weighted by atomic mass is 31.1. The molecule has 0 bridgehead atoms. The second-order valence-corrected chi connectivity index (χ2v) is 6.26. The van der Waals surface area contributed by atoms with Crippen LogP contribution in [0.3, 0.4) is 0 Å². The van der Waals surface area contributed by atoms with Gasteiger partial charge in [-0.2, -0.15) is 0 Å². The van der Waals surface area contributed by atoms with Gasteiger partial charge in [0.25, 0.3) is 0 Å². The summed E-state index contributed by atoms with van der Waals surface area (Å²) < 4.78 is 10.4. The lowest BCUT2D eigenvalue weighted by Gasteiger charge is -2.09. The molecule has 0 amide bonds. The zero-order valence-corrected chi connectivity index (χ0v) is 12.0. The van der Waals surface area contributed by atoms with Crippen LogP contribution in [-0.2, 0) is 10.9 Å². The Bertz CT molecular complexity index is 310. The van der Waals surface area contributed by atoms with Crippen molar-refractivity contribution in [1.82, 2.24) is 0 Å². The maximum absolute atomic E-state index is 5.26. The first kappa shape index (κ1) is 14.5. The smallest absolute Gasteiger partial charge is 0.119 e. The van der Waals surface area contributed by atoms with E-state index in [1.54, 1.807) is 14.2 Å². The monoisotopic (exact) mass is 254 g/mol. The summed E-state index contributed by atoms with van der Waals surface area (Å²) >= 11 is 0. The molecule has 0 heterocycles. The van der Waals surface area contributed by atoms with Crippen molar-refractivity contribution in [2.75, 3.05) is 27.0 Å². The fraction of sp³-hybridized carbons (Fsp3) is 0.571. The van der Waals surface area contributed by atoms with Gasteiger partial charge in [0, 0.05) is 15.3 Å². The van der Waals surface area contributed by atoms with Crippen LogP contribution in [-0.4, -0.2) is 27.0 Å². The third kappa shape index (κ3) is 7.36. The Balaban J connectivity index is 0.000000415. The minimum atomic E-state index is -0.257. The normalized spacial score (nSPS) is 14.5. The van der Waals surface area contributed by atoms with Crippen molar-refractivity contribution in [2.24, 2.45) is 0 Å². The first-order chi connectivity index (χ1) is 8.26. The molecule has 0 spiro atoms. The molecule has 1 aliphatic carbocycles. The van der Waals surface area contributed by atoms with Gasteiger partial charge in [-0.05, 0) is 36.9 Å². The van der Waals surface area contributed by atoms with Gasteiger partial charge in [-0.15, -0.1) is 0 Å². The molecule has 0 saturated heterocycles. The molecule has 2 nitrogen and oxygen atoms in total. The number of hydrogen-bond acceptors (Lipinski definition) is 2. The number of benzene rings is 1. The predicted octanol–water partition coefficient (Wildman–Crippen LogP) is 4.08. The zero-order valence-electron chi connectivity index (χ0n) is 11.1. The van der Waals surface area contributed by atoms with Crippen molar-refractivity contribution in [3.63, 3.8) is 0 Å². The Morgan fingerprint density at radius 1 is 1.18 bits per heavy atom. The highest BCUT2D eigenvalue weighted by molar-refractivity contribution is 7.51. The van der Waals surface area contributed by atoms with Crippen molar-refractivity contribution >= 4 is 8.15 Å². The molecule has 3 heteroatoms. The Morgan fingerprint density at radius 2 is 1.88 bits per heavy atom. The van der Waals surface area contributed by atoms with Gasteiger partial charge in [-0.25, -0.2) is 0 Å². The highest BCUT2D eigenvalue weighted by Gasteiger charge is 2.01. The van der Waals surface area contributed by atoms with E-state index >= 15 is 0 Å². The van der Waals surface area contributed by atoms with Gasteiger partial charge < -0.3 is 9.26 Å². The number of ether oxygens (including phenoxy) is 1. The van der Waals surface area contributed by atoms with Crippen LogP contribution in [0.5, 0.6) is 5.75 Å². The SMILES string of the molecule is C1CC1.COc1cccc(CCP(C)OC)c1. The maximum Gasteiger partial charge on any atom is 0.119 e. The number of aryl methyl sites for hydroxylation is 1. The van der Waals surface area contributed by atoms with E-state index in [-0.39, 0.29) is 8.15 Å². The van der Waals surface area contributed by atoms with Gasteiger partial charge in [-0.1, -0.05) is 31.4 Å². The molecule has 0 aliphatic heterocycles. The van der Waals surface area contributed by atoms with Crippen LogP contribution in [0.25, 0.3) is 0 Å². The van der Waals surface area contributed by atoms with E-state index in [1.807, 2.05) is 12.1 Å². The van der Waals surface area contributed by atoms with Gasteiger partial charge in [0.1, 0.15) is 5.75 Å². The molecule has 96 valence electrons. The Kier molecular flexibility index (Phi) is 7.23. The molecule has 0 radical (unpaired) electrons. The van der Waals surface area contributed by atoms with Crippen molar-refractivity contribution in [3.8, 4) is 5.75 Å². The fourth-order valence-electron chi connectivity index (χ4n) is 1.21. The standard InChI is InChI=1S/C11H17O2P.C3H6/c1-12-11-6-4-5-10(9-11)7-8-14(3)13-2;1-2-3-1/h4-6,9H,7-8H2,1-3H3;1-3H2.